The fourth-order valence-electron chi connectivity index (χ4n) is 3.08. The quantitative estimate of drug-likeness (QED) is 0.358. The van der Waals surface area contributed by atoms with E-state index in [9.17, 15) is 4.79 Å². The van der Waals surface area contributed by atoms with E-state index < -0.39 is 0 Å². The molecule has 1 unspecified atom stereocenters. The smallest absolute Gasteiger partial charge is 0.325 e. The molecule has 1 atom stereocenters. The molecule has 0 heterocycles. The van der Waals surface area contributed by atoms with Gasteiger partial charge in [0.15, 0.2) is 0 Å². The van der Waals surface area contributed by atoms with E-state index in [-0.39, 0.29) is 5.97 Å². The Hall–Kier alpha value is -1.35. The van der Waals surface area contributed by atoms with Gasteiger partial charge in [0.1, 0.15) is 0 Å². The van der Waals surface area contributed by atoms with Gasteiger partial charge in [-0.25, -0.2) is 0 Å². The van der Waals surface area contributed by atoms with Gasteiger partial charge in [0, 0.05) is 20.5 Å². The van der Waals surface area contributed by atoms with Crippen molar-refractivity contribution in [2.24, 2.45) is 5.92 Å². The van der Waals surface area contributed by atoms with E-state index in [1.54, 1.807) is 14.1 Å². The highest BCUT2D eigenvalue weighted by Gasteiger charge is 2.13. The highest BCUT2D eigenvalue weighted by molar-refractivity contribution is 5.68. The molecule has 0 bridgehead atoms. The second-order valence-corrected chi connectivity index (χ2v) is 6.93. The number of unbranched alkanes of at least 4 members (excludes halogenated alkanes) is 5. The Kier molecular flexibility index (Phi) is 11.2. The molecular formula is C21H35NO2. The predicted octanol–water partition coefficient (Wildman–Crippen LogP) is 5.40. The van der Waals surface area contributed by atoms with Gasteiger partial charge < -0.3 is 4.84 Å². The van der Waals surface area contributed by atoms with Gasteiger partial charge >= 0.3 is 5.97 Å². The van der Waals surface area contributed by atoms with Gasteiger partial charge in [-0.1, -0.05) is 82.2 Å². The van der Waals surface area contributed by atoms with Crippen LogP contribution in [0.15, 0.2) is 30.3 Å². The lowest BCUT2D eigenvalue weighted by Gasteiger charge is -2.17. The maximum absolute atomic E-state index is 11.8. The molecule has 3 nitrogen and oxygen atoms in total. The van der Waals surface area contributed by atoms with Crippen LogP contribution in [-0.4, -0.2) is 25.1 Å². The van der Waals surface area contributed by atoms with Crippen LogP contribution in [0.5, 0.6) is 0 Å². The van der Waals surface area contributed by atoms with Crippen LogP contribution in [0.25, 0.3) is 0 Å². The minimum Gasteiger partial charge on any atom is -0.369 e. The minimum absolute atomic E-state index is 0.124. The molecule has 1 rings (SSSR count). The fourth-order valence-corrected chi connectivity index (χ4v) is 3.08. The Balaban J connectivity index is 2.39. The molecule has 136 valence electrons. The summed E-state index contributed by atoms with van der Waals surface area (Å²) in [4.78, 5) is 16.9. The van der Waals surface area contributed by atoms with Crippen molar-refractivity contribution < 1.29 is 9.63 Å². The standard InChI is InChI=1S/C21H35NO2/c1-4-5-6-7-8-10-15-20(16-17-21(23)24-22(2)3)18-19-13-11-9-12-14-19/h9,11-14,20H,4-8,10,15-18H2,1-3H3. The third kappa shape index (κ3) is 10.4. The van der Waals surface area contributed by atoms with E-state index in [4.69, 9.17) is 4.84 Å². The van der Waals surface area contributed by atoms with Gasteiger partial charge in [0.25, 0.3) is 0 Å². The number of rotatable bonds is 13. The molecule has 1 aromatic carbocycles. The predicted molar refractivity (Wildman–Crippen MR) is 101 cm³/mol. The van der Waals surface area contributed by atoms with Gasteiger partial charge in [0.2, 0.25) is 0 Å². The molecule has 0 aliphatic heterocycles. The third-order valence-corrected chi connectivity index (χ3v) is 4.37. The van der Waals surface area contributed by atoms with Crippen molar-refractivity contribution in [1.29, 1.82) is 0 Å². The van der Waals surface area contributed by atoms with Crippen molar-refractivity contribution in [3.05, 3.63) is 35.9 Å². The summed E-state index contributed by atoms with van der Waals surface area (Å²) in [6, 6.07) is 10.6. The molecule has 0 saturated heterocycles. The summed E-state index contributed by atoms with van der Waals surface area (Å²) < 4.78 is 0. The Labute approximate surface area is 148 Å². The average molecular weight is 334 g/mol. The van der Waals surface area contributed by atoms with Gasteiger partial charge in [0.05, 0.1) is 0 Å². The molecule has 0 fully saturated rings. The molecule has 0 N–H and O–H groups in total. The van der Waals surface area contributed by atoms with E-state index in [2.05, 4.69) is 37.3 Å². The molecule has 3 heteroatoms. The third-order valence-electron chi connectivity index (χ3n) is 4.37. The zero-order chi connectivity index (χ0) is 17.6. The van der Waals surface area contributed by atoms with Crippen LogP contribution in [0, 0.1) is 5.92 Å². The SMILES string of the molecule is CCCCCCCCC(CCC(=O)ON(C)C)Cc1ccccc1. The normalized spacial score (nSPS) is 12.3. The average Bonchev–Trinajstić information content (AvgIpc) is 2.56. The Morgan fingerprint density at radius 2 is 1.67 bits per heavy atom. The number of hydroxylamine groups is 2. The van der Waals surface area contributed by atoms with Crippen LogP contribution >= 0.6 is 0 Å². The summed E-state index contributed by atoms with van der Waals surface area (Å²) in [6.45, 7) is 2.25. The first-order chi connectivity index (χ1) is 11.6. The molecule has 24 heavy (non-hydrogen) atoms. The Morgan fingerprint density at radius 1 is 1.00 bits per heavy atom. The van der Waals surface area contributed by atoms with Gasteiger partial charge in [-0.05, 0) is 24.3 Å². The highest BCUT2D eigenvalue weighted by atomic mass is 16.7. The van der Waals surface area contributed by atoms with Crippen LogP contribution in [0.1, 0.15) is 70.3 Å². The Bertz CT molecular complexity index is 431. The van der Waals surface area contributed by atoms with E-state index in [1.165, 1.54) is 55.6 Å². The van der Waals surface area contributed by atoms with Gasteiger partial charge in [-0.3, -0.25) is 4.79 Å². The van der Waals surface area contributed by atoms with Gasteiger partial charge in [-0.15, -0.1) is 5.06 Å². The molecule has 0 aliphatic carbocycles. The number of carbonyl (C=O) groups excluding carboxylic acids is 1. The summed E-state index contributed by atoms with van der Waals surface area (Å²) in [5, 5.41) is 1.47. The van der Waals surface area contributed by atoms with E-state index in [1.807, 2.05) is 0 Å². The van der Waals surface area contributed by atoms with E-state index in [0.717, 1.165) is 12.8 Å². The van der Waals surface area contributed by atoms with Crippen molar-refractivity contribution in [2.45, 2.75) is 71.1 Å². The van der Waals surface area contributed by atoms with Crippen LogP contribution in [0.3, 0.4) is 0 Å². The highest BCUT2D eigenvalue weighted by Crippen LogP contribution is 2.22. The Morgan fingerprint density at radius 3 is 2.33 bits per heavy atom. The maximum atomic E-state index is 11.8. The molecule has 0 saturated carbocycles. The van der Waals surface area contributed by atoms with E-state index in [0.29, 0.717) is 12.3 Å². The van der Waals surface area contributed by atoms with Crippen molar-refractivity contribution in [3.63, 3.8) is 0 Å². The van der Waals surface area contributed by atoms with Crippen molar-refractivity contribution in [2.75, 3.05) is 14.1 Å². The first-order valence-electron chi connectivity index (χ1n) is 9.53. The minimum atomic E-state index is -0.124. The topological polar surface area (TPSA) is 29.5 Å². The number of carbonyl (C=O) groups is 1. The lowest BCUT2D eigenvalue weighted by atomic mass is 9.89. The van der Waals surface area contributed by atoms with Crippen LogP contribution in [-0.2, 0) is 16.1 Å². The first kappa shape index (κ1) is 20.7. The van der Waals surface area contributed by atoms with Crippen LogP contribution in [0.2, 0.25) is 0 Å². The zero-order valence-electron chi connectivity index (χ0n) is 15.8. The monoisotopic (exact) mass is 333 g/mol. The largest absolute Gasteiger partial charge is 0.369 e. The fraction of sp³-hybridized carbons (Fsp3) is 0.667. The number of nitrogens with zero attached hydrogens (tertiary/aromatic N) is 1. The summed E-state index contributed by atoms with van der Waals surface area (Å²) in [7, 11) is 3.49. The number of hydrogen-bond donors (Lipinski definition) is 0. The second kappa shape index (κ2) is 13.0. The molecule has 0 radical (unpaired) electrons. The summed E-state index contributed by atoms with van der Waals surface area (Å²) in [6.07, 6.45) is 11.6. The molecule has 0 spiro atoms. The number of hydrogen-bond acceptors (Lipinski definition) is 3. The lowest BCUT2D eigenvalue weighted by molar-refractivity contribution is -0.178. The zero-order valence-corrected chi connectivity index (χ0v) is 15.8. The van der Waals surface area contributed by atoms with E-state index >= 15 is 0 Å². The van der Waals surface area contributed by atoms with Crippen molar-refractivity contribution in [1.82, 2.24) is 5.06 Å². The molecule has 0 aromatic heterocycles. The van der Waals surface area contributed by atoms with Crippen LogP contribution < -0.4 is 0 Å². The summed E-state index contributed by atoms with van der Waals surface area (Å²) in [5.41, 5.74) is 1.37. The molecule has 1 aromatic rings. The van der Waals surface area contributed by atoms with Gasteiger partial charge in [-0.2, -0.15) is 0 Å². The van der Waals surface area contributed by atoms with Crippen molar-refractivity contribution >= 4 is 5.97 Å². The second-order valence-electron chi connectivity index (χ2n) is 6.93. The molecule has 0 amide bonds. The summed E-state index contributed by atoms with van der Waals surface area (Å²) >= 11 is 0. The lowest BCUT2D eigenvalue weighted by Crippen LogP contribution is -2.19. The van der Waals surface area contributed by atoms with Crippen LogP contribution in [0.4, 0.5) is 0 Å². The number of benzene rings is 1. The molecule has 0 aliphatic rings. The molecular weight excluding hydrogens is 298 g/mol. The summed E-state index contributed by atoms with van der Waals surface area (Å²) in [5.74, 6) is 0.439. The van der Waals surface area contributed by atoms with Crippen molar-refractivity contribution in [3.8, 4) is 0 Å². The maximum Gasteiger partial charge on any atom is 0.325 e. The first-order valence-corrected chi connectivity index (χ1v) is 9.53.